The van der Waals surface area contributed by atoms with Crippen LogP contribution in [-0.2, 0) is 4.79 Å². The second-order valence-electron chi connectivity index (χ2n) is 12.1. The van der Waals surface area contributed by atoms with Crippen molar-refractivity contribution in [3.8, 4) is 23.1 Å². The topological polar surface area (TPSA) is 121 Å². The number of halogens is 2. The first kappa shape index (κ1) is 28.5. The van der Waals surface area contributed by atoms with E-state index in [2.05, 4.69) is 20.2 Å². The summed E-state index contributed by atoms with van der Waals surface area (Å²) in [5.74, 6) is -0.691. The number of benzene rings is 2. The maximum Gasteiger partial charge on any atom is 0.349 e. The van der Waals surface area contributed by atoms with Gasteiger partial charge in [-0.2, -0.15) is 9.97 Å². The predicted molar refractivity (Wildman–Crippen MR) is 160 cm³/mol. The van der Waals surface area contributed by atoms with Crippen LogP contribution in [0.5, 0.6) is 11.8 Å². The van der Waals surface area contributed by atoms with Crippen LogP contribution in [0.25, 0.3) is 33.0 Å². The van der Waals surface area contributed by atoms with E-state index < -0.39 is 23.2 Å². The number of amides is 1. The van der Waals surface area contributed by atoms with Gasteiger partial charge in [-0.3, -0.25) is 9.69 Å². The van der Waals surface area contributed by atoms with Crippen molar-refractivity contribution in [3.63, 3.8) is 0 Å². The monoisotopic (exact) mass is 605 g/mol. The van der Waals surface area contributed by atoms with Crippen molar-refractivity contribution in [3.05, 3.63) is 52.1 Å². The van der Waals surface area contributed by atoms with Crippen molar-refractivity contribution in [2.45, 2.75) is 50.7 Å². The Bertz CT molecular complexity index is 1840. The minimum absolute atomic E-state index is 0.0168. The quantitative estimate of drug-likeness (QED) is 0.313. The summed E-state index contributed by atoms with van der Waals surface area (Å²) >= 11 is 0. The zero-order chi connectivity index (χ0) is 30.6. The fraction of sp³-hybridized carbons (Fsp3) is 0.438. The standard InChI is InChI=1S/C32H33F2N5O5/c1-18-27-26(30(42)44-28(18)22-13-21(40)12-19-6-4-7-23(34)25(19)22)29(35-15-24(41)38-9-2-3-10-38)37-31(36-27)43-17-32-8-5-11-39(32)16-20(33)14-32/h4,6-7,12-13,20,40H,2-3,5,8-11,14-17H2,1H3,(H,35,36,37)/t20-,32+/m1/s1. The van der Waals surface area contributed by atoms with Crippen LogP contribution in [0.15, 0.2) is 39.5 Å². The summed E-state index contributed by atoms with van der Waals surface area (Å²) < 4.78 is 41.4. The normalized spacial score (nSPS) is 21.8. The van der Waals surface area contributed by atoms with E-state index in [1.54, 1.807) is 17.9 Å². The maximum absolute atomic E-state index is 15.1. The molecule has 0 bridgehead atoms. The molecule has 2 aromatic heterocycles. The lowest BCUT2D eigenvalue weighted by atomic mass is 9.95. The Kier molecular flexibility index (Phi) is 7.11. The molecule has 3 aliphatic rings. The highest BCUT2D eigenvalue weighted by atomic mass is 19.1. The molecule has 0 saturated carbocycles. The molecular weight excluding hydrogens is 572 g/mol. The van der Waals surface area contributed by atoms with Crippen molar-refractivity contribution in [2.24, 2.45) is 0 Å². The highest BCUT2D eigenvalue weighted by molar-refractivity contribution is 6.01. The van der Waals surface area contributed by atoms with Crippen LogP contribution in [0, 0.1) is 12.7 Å². The van der Waals surface area contributed by atoms with Crippen molar-refractivity contribution in [2.75, 3.05) is 44.6 Å². The molecule has 2 N–H and O–H groups in total. The summed E-state index contributed by atoms with van der Waals surface area (Å²) in [6.07, 6.45) is 3.04. The van der Waals surface area contributed by atoms with Crippen LogP contribution in [0.3, 0.4) is 0 Å². The highest BCUT2D eigenvalue weighted by Gasteiger charge is 2.49. The van der Waals surface area contributed by atoms with Crippen molar-refractivity contribution < 1.29 is 27.8 Å². The van der Waals surface area contributed by atoms with Gasteiger partial charge in [-0.1, -0.05) is 12.1 Å². The number of ether oxygens (including phenoxy) is 1. The largest absolute Gasteiger partial charge is 0.508 e. The van der Waals surface area contributed by atoms with Crippen LogP contribution in [-0.4, -0.2) is 81.8 Å². The molecule has 0 unspecified atom stereocenters. The fourth-order valence-corrected chi connectivity index (χ4v) is 7.11. The molecule has 5 heterocycles. The fourth-order valence-electron chi connectivity index (χ4n) is 7.11. The van der Waals surface area contributed by atoms with Crippen LogP contribution < -0.4 is 15.7 Å². The molecule has 230 valence electrons. The van der Waals surface area contributed by atoms with Gasteiger partial charge in [-0.15, -0.1) is 0 Å². The molecular formula is C32H33F2N5O5. The minimum Gasteiger partial charge on any atom is -0.508 e. The molecule has 3 fully saturated rings. The first-order chi connectivity index (χ1) is 21.2. The van der Waals surface area contributed by atoms with Gasteiger partial charge >= 0.3 is 11.6 Å². The number of likely N-dealkylation sites (tertiary alicyclic amines) is 1. The van der Waals surface area contributed by atoms with Gasteiger partial charge in [-0.05, 0) is 62.7 Å². The van der Waals surface area contributed by atoms with Crippen LogP contribution in [0.4, 0.5) is 14.6 Å². The van der Waals surface area contributed by atoms with E-state index in [1.807, 2.05) is 0 Å². The minimum atomic E-state index is -0.933. The molecule has 0 aliphatic carbocycles. The van der Waals surface area contributed by atoms with E-state index in [-0.39, 0.29) is 64.2 Å². The van der Waals surface area contributed by atoms with Gasteiger partial charge < -0.3 is 24.5 Å². The molecule has 2 atom stereocenters. The molecule has 0 radical (unpaired) electrons. The number of phenols is 1. The molecule has 7 rings (SSSR count). The summed E-state index contributed by atoms with van der Waals surface area (Å²) in [7, 11) is 0. The number of hydrogen-bond acceptors (Lipinski definition) is 9. The van der Waals surface area contributed by atoms with Crippen molar-refractivity contribution in [1.29, 1.82) is 0 Å². The van der Waals surface area contributed by atoms with Crippen LogP contribution in [0.1, 0.15) is 37.7 Å². The second kappa shape index (κ2) is 11.0. The molecule has 3 saturated heterocycles. The number of rotatable bonds is 7. The first-order valence-corrected chi connectivity index (χ1v) is 15.0. The third kappa shape index (κ3) is 4.90. The summed E-state index contributed by atoms with van der Waals surface area (Å²) in [4.78, 5) is 39.4. The zero-order valence-electron chi connectivity index (χ0n) is 24.4. The highest BCUT2D eigenvalue weighted by Crippen LogP contribution is 2.41. The molecule has 3 aliphatic heterocycles. The van der Waals surface area contributed by atoms with Gasteiger partial charge in [0.15, 0.2) is 0 Å². The van der Waals surface area contributed by atoms with E-state index in [0.29, 0.717) is 37.0 Å². The average Bonchev–Trinajstić information content (AvgIpc) is 3.73. The third-order valence-electron chi connectivity index (χ3n) is 9.24. The molecule has 4 aromatic rings. The SMILES string of the molecule is Cc1c(-c2cc(O)cc3cccc(F)c23)oc(=O)c2c(NCC(=O)N3CCCC3)nc(OC[C@@]34CCCN3C[C@H](F)C4)nc12. The lowest BCUT2D eigenvalue weighted by Gasteiger charge is -2.30. The van der Waals surface area contributed by atoms with Crippen LogP contribution in [0.2, 0.25) is 0 Å². The number of alkyl halides is 1. The number of phenolic OH excluding ortho intramolecular Hbond substituents is 1. The van der Waals surface area contributed by atoms with E-state index >= 15 is 4.39 Å². The molecule has 12 heteroatoms. The van der Waals surface area contributed by atoms with Gasteiger partial charge in [0.1, 0.15) is 41.3 Å². The number of aromatic nitrogens is 2. The van der Waals surface area contributed by atoms with E-state index in [4.69, 9.17) is 9.15 Å². The van der Waals surface area contributed by atoms with Gasteiger partial charge in [0.2, 0.25) is 5.91 Å². The van der Waals surface area contributed by atoms with E-state index in [0.717, 1.165) is 32.2 Å². The number of aryl methyl sites for hydroxylation is 1. The Morgan fingerprint density at radius 2 is 2.00 bits per heavy atom. The molecule has 44 heavy (non-hydrogen) atoms. The number of aromatic hydroxyl groups is 1. The Morgan fingerprint density at radius 3 is 2.82 bits per heavy atom. The Balaban J connectivity index is 1.33. The molecule has 1 amide bonds. The predicted octanol–water partition coefficient (Wildman–Crippen LogP) is 4.55. The summed E-state index contributed by atoms with van der Waals surface area (Å²) in [6.45, 7) is 4.25. The Labute approximate surface area is 251 Å². The number of carbonyl (C=O) groups is 1. The van der Waals surface area contributed by atoms with Crippen molar-refractivity contribution in [1.82, 2.24) is 19.8 Å². The number of nitrogens with zero attached hydrogens (tertiary/aromatic N) is 4. The molecule has 0 spiro atoms. The average molecular weight is 606 g/mol. The van der Waals surface area contributed by atoms with Gasteiger partial charge in [-0.25, -0.2) is 13.6 Å². The molecule has 10 nitrogen and oxygen atoms in total. The zero-order valence-corrected chi connectivity index (χ0v) is 24.4. The number of hydrogen-bond donors (Lipinski definition) is 2. The lowest BCUT2D eigenvalue weighted by molar-refractivity contribution is -0.128. The van der Waals surface area contributed by atoms with Crippen molar-refractivity contribution >= 4 is 33.4 Å². The Morgan fingerprint density at radius 1 is 1.18 bits per heavy atom. The second-order valence-corrected chi connectivity index (χ2v) is 12.1. The maximum atomic E-state index is 15.1. The molecule has 2 aromatic carbocycles. The van der Waals surface area contributed by atoms with E-state index in [1.165, 1.54) is 24.3 Å². The van der Waals surface area contributed by atoms with Gasteiger partial charge in [0, 0.05) is 42.6 Å². The smallest absolute Gasteiger partial charge is 0.349 e. The lowest BCUT2D eigenvalue weighted by Crippen LogP contribution is -2.43. The van der Waals surface area contributed by atoms with Gasteiger partial charge in [0.05, 0.1) is 17.6 Å². The summed E-state index contributed by atoms with van der Waals surface area (Å²) in [5.41, 5.74) is -0.477. The van der Waals surface area contributed by atoms with Gasteiger partial charge in [0.25, 0.3) is 0 Å². The third-order valence-corrected chi connectivity index (χ3v) is 9.24. The number of nitrogens with one attached hydrogen (secondary N) is 1. The Hall–Kier alpha value is -4.32. The summed E-state index contributed by atoms with van der Waals surface area (Å²) in [5, 5.41) is 14.1. The summed E-state index contributed by atoms with van der Waals surface area (Å²) in [6, 6.07) is 7.21. The number of anilines is 1. The number of carbonyl (C=O) groups excluding carboxylic acids is 1. The van der Waals surface area contributed by atoms with E-state index in [9.17, 15) is 19.1 Å². The first-order valence-electron chi connectivity index (χ1n) is 15.0. The van der Waals surface area contributed by atoms with Crippen LogP contribution >= 0.6 is 0 Å². The number of fused-ring (bicyclic) bond motifs is 3.